The summed E-state index contributed by atoms with van der Waals surface area (Å²) < 4.78 is 121. The quantitative estimate of drug-likeness (QED) is 0.0346. The SMILES string of the molecule is O=C(O)COCC1OC2OC3C(COCC(=O)O)OC(OC4C(CO)OC(OC5C(CO)OC(OC6C(CO)OC(OC7C(CO)OC(OC8C(COCC(=O)O)OC(OC1C(O)C2O)C(O)C8O)C(O)C7OCC(=O)O)C(O)C6OCC(=O)O)C(O)C5OCC(=O)O)C(O)C4OCC(=O)O)C(O)C3O. The number of carboxylic acid groups (broad SMARTS) is 7. The molecule has 21 fully saturated rings. The number of carboxylic acids is 7. The molecule has 35 atom stereocenters. The molecule has 0 amide bonds. The molecule has 0 aromatic heterocycles. The van der Waals surface area contributed by atoms with Crippen LogP contribution in [-0.4, -0.2) is 456 Å². The first-order valence-corrected chi connectivity index (χ1v) is 31.9. The molecular weight excluding hydrogens is 1460 g/mol. The van der Waals surface area contributed by atoms with Gasteiger partial charge in [-0.05, 0) is 0 Å². The van der Waals surface area contributed by atoms with Crippen LogP contribution in [0.1, 0.15) is 0 Å². The molecule has 14 bridgehead atoms. The molecule has 21 rings (SSSR count). The lowest BCUT2D eigenvalue weighted by atomic mass is 9.94. The third-order valence-electron chi connectivity index (χ3n) is 17.3. The second-order valence-corrected chi connectivity index (χ2v) is 24.5. The molecule has 21 aliphatic heterocycles. The van der Waals surface area contributed by atoms with Crippen molar-refractivity contribution in [2.24, 2.45) is 0 Å². The highest BCUT2D eigenvalue weighted by atomic mass is 16.8. The Morgan fingerprint density at radius 1 is 0.219 bits per heavy atom. The molecule has 21 saturated heterocycles. The highest BCUT2D eigenvalue weighted by Gasteiger charge is 2.61. The van der Waals surface area contributed by atoms with Crippen LogP contribution in [0.3, 0.4) is 0 Å². The molecule has 35 unspecified atom stereocenters. The second kappa shape index (κ2) is 39.0. The molecule has 0 radical (unpaired) electrons. The van der Waals surface area contributed by atoms with Crippen molar-refractivity contribution in [1.82, 2.24) is 0 Å². The normalized spacial score (nSPS) is 43.5. The summed E-state index contributed by atoms with van der Waals surface area (Å²) in [6.07, 6.45) is -78.6. The second-order valence-electron chi connectivity index (χ2n) is 24.5. The number of hydrogen-bond acceptors (Lipinski definition) is 42. The summed E-state index contributed by atoms with van der Waals surface area (Å²) in [5.41, 5.74) is 0. The third kappa shape index (κ3) is 21.3. The summed E-state index contributed by atoms with van der Waals surface area (Å²) in [6.45, 7) is -16.8. The first kappa shape index (κ1) is 85.5. The molecule has 49 heteroatoms. The van der Waals surface area contributed by atoms with E-state index in [0.717, 1.165) is 0 Å². The Hall–Kier alpha value is -5.11. The van der Waals surface area contributed by atoms with E-state index in [4.69, 9.17) is 99.5 Å². The molecule has 602 valence electrons. The Bertz CT molecular complexity index is 2760. The Morgan fingerprint density at radius 2 is 0.390 bits per heavy atom. The lowest BCUT2D eigenvalue weighted by Gasteiger charge is -2.51. The summed E-state index contributed by atoms with van der Waals surface area (Å²) in [4.78, 5) is 83.5. The van der Waals surface area contributed by atoms with Crippen LogP contribution in [0.25, 0.3) is 0 Å². The molecule has 21 aliphatic rings. The Labute approximate surface area is 588 Å². The number of carbonyl (C=O) groups is 7. The number of aliphatic hydroxyl groups is 14. The summed E-state index contributed by atoms with van der Waals surface area (Å²) in [5, 5.41) is 231. The van der Waals surface area contributed by atoms with Gasteiger partial charge in [0.05, 0.1) is 46.2 Å². The minimum Gasteiger partial charge on any atom is -0.480 e. The number of aliphatic carboxylic acids is 7. The van der Waals surface area contributed by atoms with Crippen LogP contribution >= 0.6 is 0 Å². The van der Waals surface area contributed by atoms with E-state index in [1.807, 2.05) is 0 Å². The van der Waals surface area contributed by atoms with Crippen LogP contribution < -0.4 is 0 Å². The highest BCUT2D eigenvalue weighted by molar-refractivity contribution is 5.70. The smallest absolute Gasteiger partial charge is 0.329 e. The van der Waals surface area contributed by atoms with Crippen molar-refractivity contribution in [3.63, 3.8) is 0 Å². The monoisotopic (exact) mass is 1540 g/mol. The van der Waals surface area contributed by atoms with Crippen LogP contribution in [0.4, 0.5) is 0 Å². The van der Waals surface area contributed by atoms with E-state index in [0.29, 0.717) is 0 Å². The van der Waals surface area contributed by atoms with Gasteiger partial charge in [-0.15, -0.1) is 0 Å². The van der Waals surface area contributed by atoms with Crippen molar-refractivity contribution in [1.29, 1.82) is 0 Å². The van der Waals surface area contributed by atoms with E-state index in [2.05, 4.69) is 0 Å². The number of ether oxygens (including phenoxy) is 21. The van der Waals surface area contributed by atoms with Gasteiger partial charge in [0.2, 0.25) is 0 Å². The lowest BCUT2D eigenvalue weighted by Crippen LogP contribution is -2.69. The van der Waals surface area contributed by atoms with Gasteiger partial charge in [-0.2, -0.15) is 0 Å². The van der Waals surface area contributed by atoms with Crippen molar-refractivity contribution in [3.05, 3.63) is 0 Å². The van der Waals surface area contributed by atoms with Gasteiger partial charge in [0, 0.05) is 0 Å². The van der Waals surface area contributed by atoms with Gasteiger partial charge >= 0.3 is 41.8 Å². The molecule has 0 spiro atoms. The van der Waals surface area contributed by atoms with Crippen molar-refractivity contribution in [2.45, 2.75) is 215 Å². The van der Waals surface area contributed by atoms with Crippen LogP contribution in [-0.2, 0) is 133 Å². The predicted molar refractivity (Wildman–Crippen MR) is 308 cm³/mol. The number of rotatable bonds is 28. The largest absolute Gasteiger partial charge is 0.480 e. The van der Waals surface area contributed by atoms with E-state index < -0.39 is 349 Å². The van der Waals surface area contributed by atoms with Gasteiger partial charge in [-0.1, -0.05) is 0 Å². The maximum Gasteiger partial charge on any atom is 0.329 e. The molecule has 0 aliphatic carbocycles. The fraction of sp³-hybridized carbons (Fsp3) is 0.875. The van der Waals surface area contributed by atoms with Crippen LogP contribution in [0.15, 0.2) is 0 Å². The van der Waals surface area contributed by atoms with Gasteiger partial charge in [-0.3, -0.25) is 0 Å². The minimum absolute atomic E-state index is 0.993. The van der Waals surface area contributed by atoms with Gasteiger partial charge in [0.1, 0.15) is 217 Å². The van der Waals surface area contributed by atoms with E-state index >= 15 is 0 Å². The van der Waals surface area contributed by atoms with Crippen molar-refractivity contribution in [2.75, 3.05) is 92.5 Å². The summed E-state index contributed by atoms with van der Waals surface area (Å²) >= 11 is 0. The average Bonchev–Trinajstić information content (AvgIpc) is 0.804. The standard InChI is InChI=1S/C56H84O49/c57-1-15-42-47(89-12-26(69)70)36(82)54(93-15)104-44-17(3-59)95-56(38(84)49(44)91-14-28(73)74)105-45-18(4-60)94-55(37(83)48(45)90-13-27(71)72)103-43-16(2-58)92-53(35(81)46(43)88-11-25(67)68)101-41-21(7-87-10-24(65)66)97-51(33(79)30(41)76)99-39-19(5-85-8-22(61)62)96-50(32(78)29(39)75)100-40-20(6-86-9-23(63)64)98-52(102-42)34(80)31(40)77/h15-21,29-60,75-84H,1-14H2,(H,61,62)(H,63,64)(H,65,66)(H,67,68)(H,69,70)(H,71,72)(H,73,74). The van der Waals surface area contributed by atoms with Gasteiger partial charge in [0.25, 0.3) is 0 Å². The maximum absolute atomic E-state index is 12.1. The Balaban J connectivity index is 1.23. The van der Waals surface area contributed by atoms with Gasteiger partial charge in [0.15, 0.2) is 44.0 Å². The van der Waals surface area contributed by atoms with Gasteiger partial charge in [-0.25, -0.2) is 33.6 Å². The fourth-order valence-electron chi connectivity index (χ4n) is 12.5. The molecular formula is C56H84O49. The summed E-state index contributed by atoms with van der Waals surface area (Å²) in [6, 6.07) is 0. The number of aliphatic hydroxyl groups excluding tert-OH is 14. The zero-order valence-electron chi connectivity index (χ0n) is 54.4. The zero-order valence-corrected chi connectivity index (χ0v) is 54.4. The minimum atomic E-state index is -2.48. The molecule has 21 heterocycles. The first-order valence-electron chi connectivity index (χ1n) is 31.9. The fourth-order valence-corrected chi connectivity index (χ4v) is 12.5. The van der Waals surface area contributed by atoms with E-state index in [9.17, 15) is 141 Å². The average molecular weight is 1540 g/mol. The van der Waals surface area contributed by atoms with Crippen LogP contribution in [0.5, 0.6) is 0 Å². The maximum atomic E-state index is 12.1. The van der Waals surface area contributed by atoms with Gasteiger partial charge < -0.3 is 207 Å². The predicted octanol–water partition coefficient (Wildman–Crippen LogP) is -14.5. The Morgan fingerprint density at radius 3 is 0.571 bits per heavy atom. The zero-order chi connectivity index (χ0) is 77.0. The van der Waals surface area contributed by atoms with Crippen LogP contribution in [0.2, 0.25) is 0 Å². The van der Waals surface area contributed by atoms with E-state index in [1.54, 1.807) is 0 Å². The highest BCUT2D eigenvalue weighted by Crippen LogP contribution is 2.41. The van der Waals surface area contributed by atoms with Crippen molar-refractivity contribution in [3.8, 4) is 0 Å². The topological polar surface area (TPSA) is 738 Å². The van der Waals surface area contributed by atoms with Crippen molar-refractivity contribution >= 4 is 41.8 Å². The van der Waals surface area contributed by atoms with Crippen molar-refractivity contribution < 1.29 is 240 Å². The lowest BCUT2D eigenvalue weighted by molar-refractivity contribution is -0.400. The number of hydrogen-bond donors (Lipinski definition) is 21. The third-order valence-corrected chi connectivity index (χ3v) is 17.3. The van der Waals surface area contributed by atoms with E-state index in [1.165, 1.54) is 0 Å². The summed E-state index contributed by atoms with van der Waals surface area (Å²) in [7, 11) is 0. The molecule has 105 heavy (non-hydrogen) atoms. The molecule has 0 saturated carbocycles. The molecule has 21 N–H and O–H groups in total. The molecule has 0 aromatic carbocycles. The van der Waals surface area contributed by atoms with E-state index in [-0.39, 0.29) is 0 Å². The Kier molecular flexibility index (Phi) is 31.8. The molecule has 0 aromatic rings. The van der Waals surface area contributed by atoms with Crippen LogP contribution in [0, 0.1) is 0 Å². The first-order chi connectivity index (χ1) is 49.8. The molecule has 49 nitrogen and oxygen atoms in total. The summed E-state index contributed by atoms with van der Waals surface area (Å²) in [5.74, 6) is -11.8.